The van der Waals surface area contributed by atoms with E-state index < -0.39 is 10.0 Å². The van der Waals surface area contributed by atoms with Gasteiger partial charge in [-0.3, -0.25) is 0 Å². The third-order valence-corrected chi connectivity index (χ3v) is 4.79. The van der Waals surface area contributed by atoms with Crippen LogP contribution in [-0.4, -0.2) is 24.5 Å². The summed E-state index contributed by atoms with van der Waals surface area (Å²) in [5.41, 5.74) is 0.645. The maximum absolute atomic E-state index is 12.7. The number of aryl methyl sites for hydroxylation is 2. The molecule has 0 aliphatic rings. The number of methoxy groups -OCH3 is 1. The summed E-state index contributed by atoms with van der Waals surface area (Å²) in [7, 11) is -2.36. The second kappa shape index (κ2) is 5.46. The van der Waals surface area contributed by atoms with Gasteiger partial charge in [0.1, 0.15) is 16.5 Å². The molecule has 0 aliphatic heterocycles. The van der Waals surface area contributed by atoms with Crippen LogP contribution in [0.4, 0.5) is 0 Å². The fraction of sp³-hybridized carbons (Fsp3) is 0.308. The monoisotopic (exact) mass is 314 g/mol. The van der Waals surface area contributed by atoms with E-state index in [0.717, 1.165) is 0 Å². The van der Waals surface area contributed by atoms with E-state index in [1.807, 2.05) is 6.92 Å². The zero-order valence-corrected chi connectivity index (χ0v) is 13.0. The van der Waals surface area contributed by atoms with Crippen molar-refractivity contribution in [2.45, 2.75) is 25.2 Å². The predicted molar refractivity (Wildman–Crippen MR) is 76.9 cm³/mol. The van der Waals surface area contributed by atoms with Gasteiger partial charge in [-0.15, -0.1) is 0 Å². The zero-order valence-electron chi connectivity index (χ0n) is 11.4. The first kappa shape index (κ1) is 14.9. The minimum absolute atomic E-state index is 0.0274. The molecule has 0 fully saturated rings. The van der Waals surface area contributed by atoms with Gasteiger partial charge in [0.15, 0.2) is 0 Å². The third kappa shape index (κ3) is 2.53. The van der Waals surface area contributed by atoms with E-state index in [-0.39, 0.29) is 10.6 Å². The van der Waals surface area contributed by atoms with E-state index in [1.165, 1.54) is 29.4 Å². The minimum atomic E-state index is -3.78. The van der Waals surface area contributed by atoms with E-state index in [0.29, 0.717) is 23.0 Å². The van der Waals surface area contributed by atoms with Crippen molar-refractivity contribution in [2.75, 3.05) is 7.11 Å². The van der Waals surface area contributed by atoms with Crippen molar-refractivity contribution >= 4 is 21.6 Å². The number of nitrogens with zero attached hydrogens (tertiary/aromatic N) is 2. The van der Waals surface area contributed by atoms with Gasteiger partial charge in [0.2, 0.25) is 0 Å². The van der Waals surface area contributed by atoms with Gasteiger partial charge in [-0.25, -0.2) is 17.4 Å². The number of aromatic nitrogens is 2. The van der Waals surface area contributed by atoms with Gasteiger partial charge >= 0.3 is 0 Å². The second-order valence-electron chi connectivity index (χ2n) is 4.25. The van der Waals surface area contributed by atoms with Crippen LogP contribution in [0.5, 0.6) is 5.75 Å². The van der Waals surface area contributed by atoms with Gasteiger partial charge in [0, 0.05) is 17.6 Å². The van der Waals surface area contributed by atoms with Crippen LogP contribution >= 0.6 is 11.6 Å². The topological polar surface area (TPSA) is 61.2 Å². The van der Waals surface area contributed by atoms with Crippen molar-refractivity contribution < 1.29 is 13.2 Å². The van der Waals surface area contributed by atoms with Gasteiger partial charge in [0.25, 0.3) is 10.0 Å². The number of imidazole rings is 1. The van der Waals surface area contributed by atoms with Crippen LogP contribution in [0.25, 0.3) is 0 Å². The summed E-state index contributed by atoms with van der Waals surface area (Å²) in [5.74, 6) is 0.729. The second-order valence-corrected chi connectivity index (χ2v) is 6.47. The van der Waals surface area contributed by atoms with Gasteiger partial charge < -0.3 is 4.74 Å². The first-order valence-corrected chi connectivity index (χ1v) is 7.86. The lowest BCUT2D eigenvalue weighted by molar-refractivity contribution is 0.402. The van der Waals surface area contributed by atoms with E-state index >= 15 is 0 Å². The van der Waals surface area contributed by atoms with Crippen LogP contribution in [0.1, 0.15) is 18.4 Å². The van der Waals surface area contributed by atoms with E-state index in [1.54, 1.807) is 13.0 Å². The molecule has 20 heavy (non-hydrogen) atoms. The minimum Gasteiger partial charge on any atom is -0.495 e. The Morgan fingerprint density at radius 2 is 2.10 bits per heavy atom. The van der Waals surface area contributed by atoms with Crippen molar-refractivity contribution in [3.05, 3.63) is 40.9 Å². The fourth-order valence-corrected chi connectivity index (χ4v) is 3.80. The lowest BCUT2D eigenvalue weighted by Gasteiger charge is -2.12. The first-order valence-electron chi connectivity index (χ1n) is 6.04. The Bertz CT molecular complexity index is 738. The van der Waals surface area contributed by atoms with Gasteiger partial charge in [0.05, 0.1) is 12.8 Å². The smallest absolute Gasteiger partial charge is 0.272 e. The van der Waals surface area contributed by atoms with Crippen molar-refractivity contribution in [1.29, 1.82) is 0 Å². The molecular formula is C13H15ClN2O3S. The average molecular weight is 315 g/mol. The van der Waals surface area contributed by atoms with Gasteiger partial charge in [-0.1, -0.05) is 18.5 Å². The summed E-state index contributed by atoms with van der Waals surface area (Å²) in [5, 5.41) is 0.333. The Kier molecular flexibility index (Phi) is 4.06. The third-order valence-electron chi connectivity index (χ3n) is 2.84. The zero-order chi connectivity index (χ0) is 14.9. The van der Waals surface area contributed by atoms with Crippen LogP contribution in [0.3, 0.4) is 0 Å². The molecule has 0 unspecified atom stereocenters. The van der Waals surface area contributed by atoms with Crippen LogP contribution in [-0.2, 0) is 16.4 Å². The molecule has 0 N–H and O–H groups in total. The highest BCUT2D eigenvalue weighted by Gasteiger charge is 2.24. The molecular weight excluding hydrogens is 300 g/mol. The van der Waals surface area contributed by atoms with Crippen molar-refractivity contribution in [2.24, 2.45) is 0 Å². The maximum Gasteiger partial charge on any atom is 0.272 e. The number of ether oxygens (including phenoxy) is 1. The number of rotatable bonds is 4. The Labute approximate surface area is 123 Å². The first-order chi connectivity index (χ1) is 9.40. The largest absolute Gasteiger partial charge is 0.495 e. The molecule has 0 radical (unpaired) electrons. The number of hydrogen-bond acceptors (Lipinski definition) is 4. The van der Waals surface area contributed by atoms with Crippen molar-refractivity contribution in [1.82, 2.24) is 8.96 Å². The van der Waals surface area contributed by atoms with E-state index in [2.05, 4.69) is 4.98 Å². The van der Waals surface area contributed by atoms with E-state index in [9.17, 15) is 8.42 Å². The summed E-state index contributed by atoms with van der Waals surface area (Å²) in [6.07, 6.45) is 2.00. The standard InChI is InChI=1S/C13H15ClN2O3S/c1-4-13-15-9(2)8-16(13)20(17,18)12-7-10(14)5-6-11(12)19-3/h5-8H,4H2,1-3H3. The Morgan fingerprint density at radius 3 is 2.70 bits per heavy atom. The molecule has 108 valence electrons. The van der Waals surface area contributed by atoms with Crippen LogP contribution in [0, 0.1) is 6.92 Å². The lowest BCUT2D eigenvalue weighted by Crippen LogP contribution is -2.16. The Hall–Kier alpha value is -1.53. The molecule has 0 spiro atoms. The Morgan fingerprint density at radius 1 is 1.40 bits per heavy atom. The van der Waals surface area contributed by atoms with Gasteiger partial charge in [-0.2, -0.15) is 0 Å². The molecule has 0 amide bonds. The number of benzene rings is 1. The van der Waals surface area contributed by atoms with Crippen LogP contribution < -0.4 is 4.74 Å². The van der Waals surface area contributed by atoms with Crippen LogP contribution in [0.2, 0.25) is 5.02 Å². The summed E-state index contributed by atoms with van der Waals surface area (Å²) < 4.78 is 31.8. The summed E-state index contributed by atoms with van der Waals surface area (Å²) in [6.45, 7) is 3.60. The highest BCUT2D eigenvalue weighted by atomic mass is 35.5. The normalized spacial score (nSPS) is 11.6. The highest BCUT2D eigenvalue weighted by Crippen LogP contribution is 2.29. The maximum atomic E-state index is 12.7. The molecule has 7 heteroatoms. The molecule has 0 saturated carbocycles. The van der Waals surface area contributed by atoms with Gasteiger partial charge in [-0.05, 0) is 25.1 Å². The molecule has 5 nitrogen and oxygen atoms in total. The molecule has 0 saturated heterocycles. The molecule has 0 aliphatic carbocycles. The number of hydrogen-bond donors (Lipinski definition) is 0. The molecule has 2 rings (SSSR count). The summed E-state index contributed by atoms with van der Waals surface area (Å²) in [4.78, 5) is 4.24. The van der Waals surface area contributed by atoms with Crippen molar-refractivity contribution in [3.63, 3.8) is 0 Å². The average Bonchev–Trinajstić information content (AvgIpc) is 2.80. The molecule has 2 aromatic rings. The Balaban J connectivity index is 2.69. The SMILES string of the molecule is CCc1nc(C)cn1S(=O)(=O)c1cc(Cl)ccc1OC. The van der Waals surface area contributed by atoms with E-state index in [4.69, 9.17) is 16.3 Å². The molecule has 1 aromatic heterocycles. The summed E-state index contributed by atoms with van der Waals surface area (Å²) >= 11 is 5.90. The highest BCUT2D eigenvalue weighted by molar-refractivity contribution is 7.90. The quantitative estimate of drug-likeness (QED) is 0.870. The van der Waals surface area contributed by atoms with Crippen LogP contribution in [0.15, 0.2) is 29.3 Å². The molecule has 0 bridgehead atoms. The molecule has 1 aromatic carbocycles. The number of halogens is 1. The predicted octanol–water partition coefficient (Wildman–Crippen LogP) is 2.65. The lowest BCUT2D eigenvalue weighted by atomic mass is 10.3. The summed E-state index contributed by atoms with van der Waals surface area (Å²) in [6, 6.07) is 4.49. The fourth-order valence-electron chi connectivity index (χ4n) is 1.93. The molecule has 1 heterocycles. The van der Waals surface area contributed by atoms with Crippen molar-refractivity contribution in [3.8, 4) is 5.75 Å². The molecule has 0 atom stereocenters.